The van der Waals surface area contributed by atoms with Crippen LogP contribution < -0.4 is 14.8 Å². The van der Waals surface area contributed by atoms with E-state index in [0.717, 1.165) is 42.5 Å². The topological polar surface area (TPSA) is 63.7 Å². The number of aromatic nitrogens is 1. The summed E-state index contributed by atoms with van der Waals surface area (Å²) < 4.78 is 10.8. The molecule has 31 heavy (non-hydrogen) atoms. The molecule has 1 saturated heterocycles. The average molecular weight is 440 g/mol. The summed E-state index contributed by atoms with van der Waals surface area (Å²) in [5, 5.41) is 4.75. The Balaban J connectivity index is 1.74. The lowest BCUT2D eigenvalue weighted by atomic mass is 9.99. The van der Waals surface area contributed by atoms with Gasteiger partial charge in [0, 0.05) is 24.5 Å². The first-order valence-electron chi connectivity index (χ1n) is 10.4. The van der Waals surface area contributed by atoms with Gasteiger partial charge in [0.2, 0.25) is 0 Å². The molecule has 1 aliphatic rings. The van der Waals surface area contributed by atoms with Crippen LogP contribution in [-0.4, -0.2) is 43.1 Å². The fourth-order valence-electron chi connectivity index (χ4n) is 3.86. The van der Waals surface area contributed by atoms with Gasteiger partial charge in [-0.05, 0) is 37.0 Å². The van der Waals surface area contributed by atoms with E-state index in [9.17, 15) is 4.79 Å². The molecule has 0 aliphatic carbocycles. The Morgan fingerprint density at radius 1 is 1.06 bits per heavy atom. The van der Waals surface area contributed by atoms with E-state index in [1.165, 1.54) is 0 Å². The van der Waals surface area contributed by atoms with Crippen molar-refractivity contribution in [3.63, 3.8) is 0 Å². The van der Waals surface area contributed by atoms with E-state index in [0.29, 0.717) is 33.8 Å². The van der Waals surface area contributed by atoms with Crippen molar-refractivity contribution in [1.82, 2.24) is 9.88 Å². The van der Waals surface area contributed by atoms with Gasteiger partial charge in [-0.3, -0.25) is 4.79 Å². The molecule has 1 amide bonds. The Kier molecular flexibility index (Phi) is 6.18. The third-order valence-corrected chi connectivity index (χ3v) is 6.04. The van der Waals surface area contributed by atoms with Gasteiger partial charge in [0.05, 0.1) is 36.1 Å². The highest BCUT2D eigenvalue weighted by Gasteiger charge is 2.23. The Bertz CT molecular complexity index is 1110. The van der Waals surface area contributed by atoms with Crippen LogP contribution in [0.3, 0.4) is 0 Å². The number of carbonyl (C=O) groups is 1. The summed E-state index contributed by atoms with van der Waals surface area (Å²) in [6, 6.07) is 13.0. The normalized spacial score (nSPS) is 14.5. The summed E-state index contributed by atoms with van der Waals surface area (Å²) in [5.41, 5.74) is 2.61. The Morgan fingerprint density at radius 2 is 1.77 bits per heavy atom. The number of rotatable bonds is 5. The first-order valence-corrected chi connectivity index (χ1v) is 10.8. The van der Waals surface area contributed by atoms with Crippen LogP contribution >= 0.6 is 11.6 Å². The zero-order valence-corrected chi connectivity index (χ0v) is 18.7. The van der Waals surface area contributed by atoms with E-state index in [-0.39, 0.29) is 5.91 Å². The molecular weight excluding hydrogens is 414 g/mol. The summed E-state index contributed by atoms with van der Waals surface area (Å²) in [5.74, 6) is 1.72. The molecule has 1 N–H and O–H groups in total. The second-order valence-corrected chi connectivity index (χ2v) is 8.27. The van der Waals surface area contributed by atoms with Crippen LogP contribution in [0.4, 0.5) is 11.4 Å². The van der Waals surface area contributed by atoms with Gasteiger partial charge in [0.15, 0.2) is 0 Å². The van der Waals surface area contributed by atoms with E-state index >= 15 is 0 Å². The molecule has 0 saturated carbocycles. The molecule has 0 bridgehead atoms. The van der Waals surface area contributed by atoms with Gasteiger partial charge in [0.25, 0.3) is 5.91 Å². The number of fused-ring (bicyclic) bond motifs is 1. The molecule has 162 valence electrons. The first-order chi connectivity index (χ1) is 15.0. The number of pyridine rings is 1. The lowest BCUT2D eigenvalue weighted by molar-refractivity contribution is 0.0691. The third-order valence-electron chi connectivity index (χ3n) is 5.75. The maximum atomic E-state index is 13.2. The number of carbonyl (C=O) groups excluding carboxylic acids is 1. The Labute approximate surface area is 187 Å². The summed E-state index contributed by atoms with van der Waals surface area (Å²) in [6.45, 7) is 3.75. The van der Waals surface area contributed by atoms with Gasteiger partial charge in [-0.2, -0.15) is 0 Å². The van der Waals surface area contributed by atoms with Crippen molar-refractivity contribution in [2.45, 2.75) is 19.8 Å². The van der Waals surface area contributed by atoms with Crippen molar-refractivity contribution in [2.75, 3.05) is 32.6 Å². The number of anilines is 2. The smallest absolute Gasteiger partial charge is 0.272 e. The predicted octanol–water partition coefficient (Wildman–Crippen LogP) is 5.52. The second kappa shape index (κ2) is 9.02. The van der Waals surface area contributed by atoms with Gasteiger partial charge in [-0.25, -0.2) is 4.98 Å². The average Bonchev–Trinajstić information content (AvgIpc) is 2.79. The Hall–Kier alpha value is -2.99. The zero-order chi connectivity index (χ0) is 22.0. The molecule has 2 aromatic carbocycles. The molecule has 0 atom stereocenters. The van der Waals surface area contributed by atoms with Crippen molar-refractivity contribution in [3.8, 4) is 11.5 Å². The third kappa shape index (κ3) is 4.39. The van der Waals surface area contributed by atoms with Gasteiger partial charge < -0.3 is 19.7 Å². The maximum Gasteiger partial charge on any atom is 0.272 e. The van der Waals surface area contributed by atoms with Crippen molar-refractivity contribution < 1.29 is 14.3 Å². The molecule has 2 heterocycles. The highest BCUT2D eigenvalue weighted by molar-refractivity contribution is 6.32. The molecule has 1 aliphatic heterocycles. The lowest BCUT2D eigenvalue weighted by Gasteiger charge is -2.30. The number of ether oxygens (including phenoxy) is 2. The number of nitrogens with one attached hydrogen (secondary N) is 1. The molecule has 0 unspecified atom stereocenters. The predicted molar refractivity (Wildman–Crippen MR) is 124 cm³/mol. The van der Waals surface area contributed by atoms with Crippen LogP contribution in [0, 0.1) is 5.92 Å². The van der Waals surface area contributed by atoms with E-state index < -0.39 is 0 Å². The van der Waals surface area contributed by atoms with Crippen LogP contribution in [0.5, 0.6) is 11.5 Å². The zero-order valence-electron chi connectivity index (χ0n) is 17.9. The summed E-state index contributed by atoms with van der Waals surface area (Å²) in [4.78, 5) is 19.7. The van der Waals surface area contributed by atoms with Gasteiger partial charge in [0.1, 0.15) is 17.2 Å². The minimum atomic E-state index is -0.0413. The molecule has 0 radical (unpaired) electrons. The van der Waals surface area contributed by atoms with Crippen LogP contribution in [-0.2, 0) is 0 Å². The minimum Gasteiger partial charge on any atom is -0.495 e. The number of hydrogen-bond donors (Lipinski definition) is 1. The van der Waals surface area contributed by atoms with E-state index in [1.807, 2.05) is 29.2 Å². The minimum absolute atomic E-state index is 0.0413. The number of nitrogens with zero attached hydrogens (tertiary/aromatic N) is 2. The summed E-state index contributed by atoms with van der Waals surface area (Å²) in [7, 11) is 3.15. The number of hydrogen-bond acceptors (Lipinski definition) is 5. The molecule has 3 aromatic rings. The summed E-state index contributed by atoms with van der Waals surface area (Å²) >= 11 is 6.34. The van der Waals surface area contributed by atoms with Crippen molar-refractivity contribution >= 4 is 39.8 Å². The molecule has 1 aromatic heterocycles. The quantitative estimate of drug-likeness (QED) is 0.567. The largest absolute Gasteiger partial charge is 0.495 e. The Morgan fingerprint density at radius 3 is 2.48 bits per heavy atom. The molecule has 4 rings (SSSR count). The molecule has 7 heteroatoms. The van der Waals surface area contributed by atoms with Gasteiger partial charge in [-0.1, -0.05) is 36.7 Å². The van der Waals surface area contributed by atoms with E-state index in [4.69, 9.17) is 21.1 Å². The number of benzene rings is 2. The standard InChI is InChI=1S/C24H26ClN3O3/c1-15-8-10-28(11-9-15)24(29)21-13-19(16-6-4-5-7-18(16)26-21)27-20-12-17(25)22(30-2)14-23(20)31-3/h4-7,12-15H,8-11H2,1-3H3,(H,26,27). The molecular formula is C24H26ClN3O3. The number of likely N-dealkylation sites (tertiary alicyclic amines) is 1. The molecule has 6 nitrogen and oxygen atoms in total. The second-order valence-electron chi connectivity index (χ2n) is 7.86. The van der Waals surface area contributed by atoms with Crippen LogP contribution in [0.15, 0.2) is 42.5 Å². The van der Waals surface area contributed by atoms with E-state index in [2.05, 4.69) is 17.2 Å². The number of methoxy groups -OCH3 is 2. The fraction of sp³-hybridized carbons (Fsp3) is 0.333. The SMILES string of the molecule is COc1cc(OC)c(Nc2cc(C(=O)N3CCC(C)CC3)nc3ccccc23)cc1Cl. The van der Waals surface area contributed by atoms with Gasteiger partial charge >= 0.3 is 0 Å². The van der Waals surface area contributed by atoms with Gasteiger partial charge in [-0.15, -0.1) is 0 Å². The first kappa shape index (κ1) is 21.2. The van der Waals surface area contributed by atoms with Crippen LogP contribution in [0.25, 0.3) is 10.9 Å². The maximum absolute atomic E-state index is 13.2. The van der Waals surface area contributed by atoms with Crippen molar-refractivity contribution in [2.24, 2.45) is 5.92 Å². The monoisotopic (exact) mass is 439 g/mol. The van der Waals surface area contributed by atoms with Crippen LogP contribution in [0.1, 0.15) is 30.3 Å². The van der Waals surface area contributed by atoms with Crippen molar-refractivity contribution in [1.29, 1.82) is 0 Å². The molecule has 0 spiro atoms. The van der Waals surface area contributed by atoms with E-state index in [1.54, 1.807) is 32.4 Å². The number of amides is 1. The summed E-state index contributed by atoms with van der Waals surface area (Å²) in [6.07, 6.45) is 2.04. The number of halogens is 1. The lowest BCUT2D eigenvalue weighted by Crippen LogP contribution is -2.38. The van der Waals surface area contributed by atoms with Crippen LogP contribution in [0.2, 0.25) is 5.02 Å². The molecule has 1 fully saturated rings. The number of para-hydroxylation sites is 1. The van der Waals surface area contributed by atoms with Crippen molar-refractivity contribution in [3.05, 3.63) is 53.2 Å². The highest BCUT2D eigenvalue weighted by Crippen LogP contribution is 2.38. The fourth-order valence-corrected chi connectivity index (χ4v) is 4.11. The highest BCUT2D eigenvalue weighted by atomic mass is 35.5. The number of piperidine rings is 1.